The maximum absolute atomic E-state index is 12.5. The predicted octanol–water partition coefficient (Wildman–Crippen LogP) is 1.23. The standard InChI is InChI=1S/C14H24N4O2S/c1-4-15-14-8-7-13(10-16-14)21(19,20)18(3)11-12-6-5-9-17(12)2/h7-8,10,12H,4-6,9,11H2,1-3H3,(H,15,16). The molecule has 2 rings (SSSR count). The Balaban J connectivity index is 2.09. The lowest BCUT2D eigenvalue weighted by Gasteiger charge is -2.25. The van der Waals surface area contributed by atoms with Gasteiger partial charge in [-0.2, -0.15) is 4.31 Å². The number of likely N-dealkylation sites (N-methyl/N-ethyl adjacent to an activating group) is 2. The summed E-state index contributed by atoms with van der Waals surface area (Å²) in [5.41, 5.74) is 0. The predicted molar refractivity (Wildman–Crippen MR) is 83.9 cm³/mol. The van der Waals surface area contributed by atoms with E-state index in [4.69, 9.17) is 0 Å². The van der Waals surface area contributed by atoms with Crippen LogP contribution < -0.4 is 5.32 Å². The summed E-state index contributed by atoms with van der Waals surface area (Å²) >= 11 is 0. The third-order valence-electron chi connectivity index (χ3n) is 3.94. The Hall–Kier alpha value is -1.18. The second-order valence-corrected chi connectivity index (χ2v) is 7.52. The first-order chi connectivity index (χ1) is 9.95. The Kier molecular flexibility index (Phi) is 5.18. The number of nitrogens with zero attached hydrogens (tertiary/aromatic N) is 3. The van der Waals surface area contributed by atoms with Crippen LogP contribution in [-0.4, -0.2) is 62.4 Å². The van der Waals surface area contributed by atoms with Gasteiger partial charge in [-0.1, -0.05) is 0 Å². The fourth-order valence-corrected chi connectivity index (χ4v) is 3.76. The van der Waals surface area contributed by atoms with Gasteiger partial charge in [-0.15, -0.1) is 0 Å². The molecule has 1 fully saturated rings. The summed E-state index contributed by atoms with van der Waals surface area (Å²) < 4.78 is 26.5. The molecule has 1 saturated heterocycles. The van der Waals surface area contributed by atoms with Crippen LogP contribution in [-0.2, 0) is 10.0 Å². The SMILES string of the molecule is CCNc1ccc(S(=O)(=O)N(C)CC2CCCN2C)cn1. The van der Waals surface area contributed by atoms with Crippen molar-refractivity contribution in [2.45, 2.75) is 30.7 Å². The van der Waals surface area contributed by atoms with Gasteiger partial charge in [-0.25, -0.2) is 13.4 Å². The third kappa shape index (κ3) is 3.72. The maximum Gasteiger partial charge on any atom is 0.244 e. The fourth-order valence-electron chi connectivity index (χ4n) is 2.60. The molecule has 1 aromatic heterocycles. The molecule has 0 aromatic carbocycles. The molecule has 0 bridgehead atoms. The Morgan fingerprint density at radius 2 is 2.24 bits per heavy atom. The number of aromatic nitrogens is 1. The van der Waals surface area contributed by atoms with E-state index in [9.17, 15) is 8.42 Å². The highest BCUT2D eigenvalue weighted by Crippen LogP contribution is 2.20. The number of sulfonamides is 1. The van der Waals surface area contributed by atoms with E-state index in [0.717, 1.165) is 25.9 Å². The monoisotopic (exact) mass is 312 g/mol. The minimum atomic E-state index is -3.47. The van der Waals surface area contributed by atoms with Crippen molar-refractivity contribution in [1.82, 2.24) is 14.2 Å². The molecule has 21 heavy (non-hydrogen) atoms. The maximum atomic E-state index is 12.5. The van der Waals surface area contributed by atoms with Gasteiger partial charge in [0.25, 0.3) is 0 Å². The molecule has 0 spiro atoms. The van der Waals surface area contributed by atoms with Crippen molar-refractivity contribution in [1.29, 1.82) is 0 Å². The first-order valence-corrected chi connectivity index (χ1v) is 8.75. The highest BCUT2D eigenvalue weighted by Gasteiger charge is 2.28. The molecule has 1 atom stereocenters. The molecule has 7 heteroatoms. The summed E-state index contributed by atoms with van der Waals surface area (Å²) in [5.74, 6) is 0.689. The molecule has 1 aromatic rings. The van der Waals surface area contributed by atoms with E-state index in [0.29, 0.717) is 18.4 Å². The van der Waals surface area contributed by atoms with Crippen LogP contribution in [0, 0.1) is 0 Å². The molecule has 0 radical (unpaired) electrons. The van der Waals surface area contributed by atoms with Crippen LogP contribution in [0.5, 0.6) is 0 Å². The van der Waals surface area contributed by atoms with Crippen molar-refractivity contribution >= 4 is 15.8 Å². The van der Waals surface area contributed by atoms with Gasteiger partial charge >= 0.3 is 0 Å². The second-order valence-electron chi connectivity index (χ2n) is 5.47. The molecule has 1 aliphatic rings. The van der Waals surface area contributed by atoms with E-state index in [-0.39, 0.29) is 4.90 Å². The number of nitrogens with one attached hydrogen (secondary N) is 1. The van der Waals surface area contributed by atoms with E-state index in [1.807, 2.05) is 14.0 Å². The van der Waals surface area contributed by atoms with E-state index < -0.39 is 10.0 Å². The average Bonchev–Trinajstić information content (AvgIpc) is 2.85. The molecule has 0 aliphatic carbocycles. The molecule has 2 heterocycles. The molecular formula is C14H24N4O2S. The van der Waals surface area contributed by atoms with Crippen LogP contribution in [0.15, 0.2) is 23.2 Å². The Bertz CT molecular complexity index is 559. The van der Waals surface area contributed by atoms with Crippen LogP contribution in [0.1, 0.15) is 19.8 Å². The van der Waals surface area contributed by atoms with E-state index in [2.05, 4.69) is 15.2 Å². The number of rotatable bonds is 6. The van der Waals surface area contributed by atoms with Crippen molar-refractivity contribution in [3.8, 4) is 0 Å². The number of hydrogen-bond acceptors (Lipinski definition) is 5. The van der Waals surface area contributed by atoms with Crippen molar-refractivity contribution < 1.29 is 8.42 Å². The summed E-state index contributed by atoms with van der Waals surface area (Å²) in [6, 6.07) is 3.61. The van der Waals surface area contributed by atoms with Crippen LogP contribution in [0.25, 0.3) is 0 Å². The lowest BCUT2D eigenvalue weighted by atomic mass is 10.2. The first kappa shape index (κ1) is 16.2. The molecule has 1 unspecified atom stereocenters. The smallest absolute Gasteiger partial charge is 0.244 e. The van der Waals surface area contributed by atoms with E-state index in [1.54, 1.807) is 19.2 Å². The molecule has 0 amide bonds. The Morgan fingerprint density at radius 1 is 1.48 bits per heavy atom. The van der Waals surface area contributed by atoms with Gasteiger partial charge in [0.15, 0.2) is 0 Å². The number of anilines is 1. The van der Waals surface area contributed by atoms with Crippen LogP contribution in [0.4, 0.5) is 5.82 Å². The van der Waals surface area contributed by atoms with Gasteiger partial charge in [-0.3, -0.25) is 0 Å². The third-order valence-corrected chi connectivity index (χ3v) is 5.75. The molecule has 6 nitrogen and oxygen atoms in total. The largest absolute Gasteiger partial charge is 0.370 e. The first-order valence-electron chi connectivity index (χ1n) is 7.31. The van der Waals surface area contributed by atoms with Gasteiger partial charge in [-0.05, 0) is 45.5 Å². The number of pyridine rings is 1. The van der Waals surface area contributed by atoms with Gasteiger partial charge < -0.3 is 10.2 Å². The summed E-state index contributed by atoms with van der Waals surface area (Å²) in [4.78, 5) is 6.60. The van der Waals surface area contributed by atoms with Gasteiger partial charge in [0.05, 0.1) is 0 Å². The zero-order chi connectivity index (χ0) is 15.5. The lowest BCUT2D eigenvalue weighted by molar-refractivity contribution is 0.271. The lowest BCUT2D eigenvalue weighted by Crippen LogP contribution is -2.39. The Morgan fingerprint density at radius 3 is 2.76 bits per heavy atom. The van der Waals surface area contributed by atoms with Crippen molar-refractivity contribution in [2.24, 2.45) is 0 Å². The van der Waals surface area contributed by atoms with Gasteiger partial charge in [0, 0.05) is 32.4 Å². The fraction of sp³-hybridized carbons (Fsp3) is 0.643. The molecule has 1 aliphatic heterocycles. The van der Waals surface area contributed by atoms with Crippen LogP contribution >= 0.6 is 0 Å². The Labute approximate surface area is 127 Å². The minimum Gasteiger partial charge on any atom is -0.370 e. The van der Waals surface area contributed by atoms with Crippen LogP contribution in [0.3, 0.4) is 0 Å². The summed E-state index contributed by atoms with van der Waals surface area (Å²) in [5, 5.41) is 3.05. The number of hydrogen-bond donors (Lipinski definition) is 1. The minimum absolute atomic E-state index is 0.243. The molecular weight excluding hydrogens is 288 g/mol. The highest BCUT2D eigenvalue weighted by molar-refractivity contribution is 7.89. The zero-order valence-corrected chi connectivity index (χ0v) is 13.7. The zero-order valence-electron chi connectivity index (χ0n) is 12.9. The van der Waals surface area contributed by atoms with Gasteiger partial charge in [0.2, 0.25) is 10.0 Å². The summed E-state index contributed by atoms with van der Waals surface area (Å²) in [6.07, 6.45) is 3.60. The molecule has 118 valence electrons. The quantitative estimate of drug-likeness (QED) is 0.856. The normalized spacial score (nSPS) is 20.1. The topological polar surface area (TPSA) is 65.5 Å². The summed E-state index contributed by atoms with van der Waals surface area (Å²) in [7, 11) is 0.220. The van der Waals surface area contributed by atoms with Crippen molar-refractivity contribution in [3.63, 3.8) is 0 Å². The van der Waals surface area contributed by atoms with Crippen molar-refractivity contribution in [3.05, 3.63) is 18.3 Å². The number of likely N-dealkylation sites (tertiary alicyclic amines) is 1. The van der Waals surface area contributed by atoms with E-state index >= 15 is 0 Å². The van der Waals surface area contributed by atoms with Crippen molar-refractivity contribution in [2.75, 3.05) is 39.0 Å². The summed E-state index contributed by atoms with van der Waals surface area (Å²) in [6.45, 7) is 4.29. The average molecular weight is 312 g/mol. The van der Waals surface area contributed by atoms with Gasteiger partial charge in [0.1, 0.15) is 10.7 Å². The molecule has 0 saturated carbocycles. The molecule has 1 N–H and O–H groups in total. The van der Waals surface area contributed by atoms with Crippen LogP contribution in [0.2, 0.25) is 0 Å². The highest BCUT2D eigenvalue weighted by atomic mass is 32.2. The second kappa shape index (κ2) is 6.72. The van der Waals surface area contributed by atoms with E-state index in [1.165, 1.54) is 10.5 Å².